The highest BCUT2D eigenvalue weighted by molar-refractivity contribution is 5.72. The van der Waals surface area contributed by atoms with E-state index in [4.69, 9.17) is 4.74 Å². The molecule has 2 rings (SSSR count). The third-order valence-electron chi connectivity index (χ3n) is 2.28. The standard InChI is InChI=1S/C12H14O/c1-9(2)12(11-8-13-11)10-6-4-3-5-7-10/h3-7,11H,8H2,1-2H3. The Morgan fingerprint density at radius 2 is 1.85 bits per heavy atom. The Hall–Kier alpha value is -1.08. The Balaban J connectivity index is 2.37. The van der Waals surface area contributed by atoms with Gasteiger partial charge in [-0.2, -0.15) is 0 Å². The van der Waals surface area contributed by atoms with Crippen LogP contribution in [0.5, 0.6) is 0 Å². The molecule has 1 aliphatic heterocycles. The summed E-state index contributed by atoms with van der Waals surface area (Å²) in [5, 5.41) is 0. The van der Waals surface area contributed by atoms with Crippen LogP contribution in [0.4, 0.5) is 0 Å². The van der Waals surface area contributed by atoms with E-state index in [1.54, 1.807) is 0 Å². The van der Waals surface area contributed by atoms with Gasteiger partial charge in [0.05, 0.1) is 6.61 Å². The Morgan fingerprint density at radius 1 is 1.23 bits per heavy atom. The van der Waals surface area contributed by atoms with Crippen LogP contribution in [0, 0.1) is 0 Å². The molecule has 1 aliphatic rings. The number of benzene rings is 1. The highest BCUT2D eigenvalue weighted by atomic mass is 16.6. The second kappa shape index (κ2) is 3.35. The summed E-state index contributed by atoms with van der Waals surface area (Å²) in [6, 6.07) is 10.5. The molecule has 1 heterocycles. The van der Waals surface area contributed by atoms with E-state index in [2.05, 4.69) is 38.1 Å². The van der Waals surface area contributed by atoms with Crippen molar-refractivity contribution in [2.45, 2.75) is 20.0 Å². The fourth-order valence-electron chi connectivity index (χ4n) is 1.63. The van der Waals surface area contributed by atoms with E-state index >= 15 is 0 Å². The molecule has 0 saturated carbocycles. The van der Waals surface area contributed by atoms with Gasteiger partial charge in [-0.1, -0.05) is 35.9 Å². The van der Waals surface area contributed by atoms with Crippen molar-refractivity contribution in [3.8, 4) is 0 Å². The quantitative estimate of drug-likeness (QED) is 0.628. The van der Waals surface area contributed by atoms with Gasteiger partial charge in [0, 0.05) is 0 Å². The minimum absolute atomic E-state index is 0.354. The lowest BCUT2D eigenvalue weighted by Gasteiger charge is -2.06. The van der Waals surface area contributed by atoms with Crippen molar-refractivity contribution in [3.05, 3.63) is 41.5 Å². The molecule has 1 saturated heterocycles. The first-order valence-electron chi connectivity index (χ1n) is 4.63. The predicted octanol–water partition coefficient (Wildman–Crippen LogP) is 2.88. The minimum atomic E-state index is 0.354. The molecule has 1 unspecified atom stereocenters. The molecular formula is C12H14O. The van der Waals surface area contributed by atoms with E-state index in [9.17, 15) is 0 Å². The van der Waals surface area contributed by atoms with Crippen LogP contribution in [0.2, 0.25) is 0 Å². The molecule has 1 nitrogen and oxygen atoms in total. The largest absolute Gasteiger partial charge is 0.368 e. The van der Waals surface area contributed by atoms with Gasteiger partial charge >= 0.3 is 0 Å². The van der Waals surface area contributed by atoms with E-state index in [1.807, 2.05) is 6.07 Å². The zero-order valence-corrected chi connectivity index (χ0v) is 8.08. The molecule has 13 heavy (non-hydrogen) atoms. The zero-order chi connectivity index (χ0) is 9.26. The Kier molecular flexibility index (Phi) is 2.19. The summed E-state index contributed by atoms with van der Waals surface area (Å²) in [6.07, 6.45) is 0.354. The summed E-state index contributed by atoms with van der Waals surface area (Å²) in [4.78, 5) is 0. The van der Waals surface area contributed by atoms with Crippen LogP contribution in [0.25, 0.3) is 5.57 Å². The average molecular weight is 174 g/mol. The molecule has 1 aromatic rings. The van der Waals surface area contributed by atoms with Crippen LogP contribution in [0.3, 0.4) is 0 Å². The minimum Gasteiger partial charge on any atom is -0.368 e. The lowest BCUT2D eigenvalue weighted by atomic mass is 9.99. The molecule has 1 heteroatoms. The molecule has 0 spiro atoms. The molecule has 68 valence electrons. The van der Waals surface area contributed by atoms with Gasteiger partial charge in [-0.15, -0.1) is 0 Å². The summed E-state index contributed by atoms with van der Waals surface area (Å²) in [5.74, 6) is 0. The second-order valence-electron chi connectivity index (χ2n) is 3.60. The molecule has 0 N–H and O–H groups in total. The lowest BCUT2D eigenvalue weighted by molar-refractivity contribution is 0.444. The van der Waals surface area contributed by atoms with Crippen molar-refractivity contribution in [2.24, 2.45) is 0 Å². The summed E-state index contributed by atoms with van der Waals surface area (Å²) in [7, 11) is 0. The topological polar surface area (TPSA) is 12.5 Å². The first-order valence-corrected chi connectivity index (χ1v) is 4.63. The molecule has 1 atom stereocenters. The van der Waals surface area contributed by atoms with E-state index in [0.29, 0.717) is 6.10 Å². The van der Waals surface area contributed by atoms with E-state index in [1.165, 1.54) is 16.7 Å². The average Bonchev–Trinajstić information content (AvgIpc) is 2.90. The fraction of sp³-hybridized carbons (Fsp3) is 0.333. The second-order valence-corrected chi connectivity index (χ2v) is 3.60. The van der Waals surface area contributed by atoms with Crippen molar-refractivity contribution in [1.82, 2.24) is 0 Å². The summed E-state index contributed by atoms with van der Waals surface area (Å²) >= 11 is 0. The third kappa shape index (κ3) is 1.81. The Morgan fingerprint density at radius 3 is 2.31 bits per heavy atom. The lowest BCUT2D eigenvalue weighted by Crippen LogP contribution is -1.94. The van der Waals surface area contributed by atoms with E-state index in [0.717, 1.165) is 6.61 Å². The van der Waals surface area contributed by atoms with E-state index < -0.39 is 0 Å². The van der Waals surface area contributed by atoms with Gasteiger partial charge in [-0.05, 0) is 25.0 Å². The monoisotopic (exact) mass is 174 g/mol. The number of rotatable bonds is 2. The first-order chi connectivity index (χ1) is 6.29. The maximum atomic E-state index is 5.33. The van der Waals surface area contributed by atoms with Crippen LogP contribution < -0.4 is 0 Å². The smallest absolute Gasteiger partial charge is 0.106 e. The molecule has 0 aromatic heterocycles. The third-order valence-corrected chi connectivity index (χ3v) is 2.28. The maximum absolute atomic E-state index is 5.33. The van der Waals surface area contributed by atoms with Crippen molar-refractivity contribution in [2.75, 3.05) is 6.61 Å². The van der Waals surface area contributed by atoms with Crippen molar-refractivity contribution in [1.29, 1.82) is 0 Å². The summed E-state index contributed by atoms with van der Waals surface area (Å²) in [5.41, 5.74) is 4.01. The van der Waals surface area contributed by atoms with Crippen LogP contribution in [0.1, 0.15) is 19.4 Å². The molecule has 0 amide bonds. The molecule has 1 aromatic carbocycles. The summed E-state index contributed by atoms with van der Waals surface area (Å²) < 4.78 is 5.33. The Bertz CT molecular complexity index is 316. The normalized spacial score (nSPS) is 19.7. The molecule has 0 aliphatic carbocycles. The van der Waals surface area contributed by atoms with Crippen LogP contribution in [-0.4, -0.2) is 12.7 Å². The Labute approximate surface area is 79.0 Å². The zero-order valence-electron chi connectivity index (χ0n) is 8.08. The van der Waals surface area contributed by atoms with Gasteiger partial charge < -0.3 is 4.74 Å². The van der Waals surface area contributed by atoms with Crippen molar-refractivity contribution in [3.63, 3.8) is 0 Å². The maximum Gasteiger partial charge on any atom is 0.106 e. The van der Waals surface area contributed by atoms with Gasteiger partial charge in [-0.3, -0.25) is 0 Å². The molecule has 0 bridgehead atoms. The number of ether oxygens (including phenoxy) is 1. The summed E-state index contributed by atoms with van der Waals surface area (Å²) in [6.45, 7) is 5.17. The van der Waals surface area contributed by atoms with Crippen LogP contribution in [0.15, 0.2) is 35.9 Å². The molecule has 0 radical (unpaired) electrons. The molecule has 1 fully saturated rings. The van der Waals surface area contributed by atoms with Gasteiger partial charge in [0.2, 0.25) is 0 Å². The van der Waals surface area contributed by atoms with Gasteiger partial charge in [0.1, 0.15) is 6.10 Å². The van der Waals surface area contributed by atoms with Gasteiger partial charge in [-0.25, -0.2) is 0 Å². The number of hydrogen-bond acceptors (Lipinski definition) is 1. The van der Waals surface area contributed by atoms with Gasteiger partial charge in [0.25, 0.3) is 0 Å². The predicted molar refractivity (Wildman–Crippen MR) is 54.5 cm³/mol. The molecular weight excluding hydrogens is 160 g/mol. The van der Waals surface area contributed by atoms with Crippen molar-refractivity contribution < 1.29 is 4.74 Å². The number of epoxide rings is 1. The number of hydrogen-bond donors (Lipinski definition) is 0. The van der Waals surface area contributed by atoms with E-state index in [-0.39, 0.29) is 0 Å². The number of allylic oxidation sites excluding steroid dienone is 1. The fourth-order valence-corrected chi connectivity index (χ4v) is 1.63. The highest BCUT2D eigenvalue weighted by Gasteiger charge is 2.28. The SMILES string of the molecule is CC(C)=C(c1ccccc1)C1CO1. The first kappa shape index (κ1) is 8.52. The van der Waals surface area contributed by atoms with Crippen LogP contribution in [-0.2, 0) is 4.74 Å². The van der Waals surface area contributed by atoms with Crippen LogP contribution >= 0.6 is 0 Å². The van der Waals surface area contributed by atoms with Crippen molar-refractivity contribution >= 4 is 5.57 Å². The highest BCUT2D eigenvalue weighted by Crippen LogP contribution is 2.31. The van der Waals surface area contributed by atoms with Gasteiger partial charge in [0.15, 0.2) is 0 Å².